The fraction of sp³-hybridized carbons (Fsp3) is 0.222. The molecule has 0 aliphatic rings. The maximum Gasteiger partial charge on any atom is 0.214 e. The summed E-state index contributed by atoms with van der Waals surface area (Å²) in [6.07, 6.45) is 0. The van der Waals surface area contributed by atoms with Crippen molar-refractivity contribution in [2.24, 2.45) is 0 Å². The highest BCUT2D eigenvalue weighted by Gasteiger charge is 2.22. The minimum Gasteiger partial charge on any atom is -0.494 e. The Labute approximate surface area is 158 Å². The summed E-state index contributed by atoms with van der Waals surface area (Å²) in [6, 6.07) is 8.64. The van der Waals surface area contributed by atoms with Crippen LogP contribution >= 0.6 is 11.8 Å². The van der Waals surface area contributed by atoms with Gasteiger partial charge in [0.15, 0.2) is 17.4 Å². The van der Waals surface area contributed by atoms with Gasteiger partial charge in [0.05, 0.1) is 12.4 Å². The molecule has 1 aromatic heterocycles. The third kappa shape index (κ3) is 3.97. The van der Waals surface area contributed by atoms with Crippen molar-refractivity contribution >= 4 is 17.5 Å². The van der Waals surface area contributed by atoms with Crippen molar-refractivity contribution in [3.8, 4) is 11.4 Å². The zero-order chi connectivity index (χ0) is 19.6. The SMILES string of the molecule is COc1ccc(C)cc1-n1nnnc1S[C@H](C)C(=O)c1ccc(F)c(F)c1. The van der Waals surface area contributed by atoms with Gasteiger partial charge in [0.2, 0.25) is 5.16 Å². The Morgan fingerprint density at radius 2 is 1.96 bits per heavy atom. The van der Waals surface area contributed by atoms with Crippen molar-refractivity contribution < 1.29 is 18.3 Å². The molecule has 2 aromatic carbocycles. The van der Waals surface area contributed by atoms with E-state index in [4.69, 9.17) is 4.74 Å². The summed E-state index contributed by atoms with van der Waals surface area (Å²) in [5.74, 6) is -1.84. The lowest BCUT2D eigenvalue weighted by molar-refractivity contribution is 0.0993. The molecule has 0 amide bonds. The van der Waals surface area contributed by atoms with Crippen LogP contribution < -0.4 is 4.74 Å². The smallest absolute Gasteiger partial charge is 0.214 e. The number of Topliss-reactive ketones (excluding diaryl/α,β-unsaturated/α-hetero) is 1. The summed E-state index contributed by atoms with van der Waals surface area (Å²) in [4.78, 5) is 12.5. The number of hydrogen-bond donors (Lipinski definition) is 0. The Kier molecular flexibility index (Phi) is 5.50. The molecule has 0 bridgehead atoms. The number of methoxy groups -OCH3 is 1. The molecule has 0 saturated heterocycles. The van der Waals surface area contributed by atoms with Gasteiger partial charge in [-0.05, 0) is 60.2 Å². The van der Waals surface area contributed by atoms with Gasteiger partial charge in [0, 0.05) is 5.56 Å². The first-order valence-electron chi connectivity index (χ1n) is 8.00. The number of hydrogen-bond acceptors (Lipinski definition) is 6. The molecule has 0 saturated carbocycles. The standard InChI is InChI=1S/C18H16F2N4O2S/c1-10-4-7-16(26-3)15(8-10)24-18(21-22-23-24)27-11(2)17(25)12-5-6-13(19)14(20)9-12/h4-9,11H,1-3H3/t11-/m1/s1. The molecule has 1 heterocycles. The van der Waals surface area contributed by atoms with Crippen LogP contribution in [0, 0.1) is 18.6 Å². The molecular formula is C18H16F2N4O2S. The predicted octanol–water partition coefficient (Wildman–Crippen LogP) is 3.62. The van der Waals surface area contributed by atoms with Crippen molar-refractivity contribution in [2.75, 3.05) is 7.11 Å². The highest BCUT2D eigenvalue weighted by atomic mass is 32.2. The van der Waals surface area contributed by atoms with Gasteiger partial charge in [-0.2, -0.15) is 4.68 Å². The average Bonchev–Trinajstić information content (AvgIpc) is 3.11. The number of benzene rings is 2. The summed E-state index contributed by atoms with van der Waals surface area (Å²) >= 11 is 1.12. The zero-order valence-electron chi connectivity index (χ0n) is 14.8. The highest BCUT2D eigenvalue weighted by molar-refractivity contribution is 8.00. The number of ketones is 1. The number of ether oxygens (including phenoxy) is 1. The minimum absolute atomic E-state index is 0.0843. The summed E-state index contributed by atoms with van der Waals surface area (Å²) in [5.41, 5.74) is 1.71. The molecule has 140 valence electrons. The van der Waals surface area contributed by atoms with E-state index in [-0.39, 0.29) is 11.3 Å². The molecule has 0 spiro atoms. The van der Waals surface area contributed by atoms with Crippen LogP contribution in [0.4, 0.5) is 8.78 Å². The monoisotopic (exact) mass is 390 g/mol. The topological polar surface area (TPSA) is 69.9 Å². The maximum absolute atomic E-state index is 13.4. The second kappa shape index (κ2) is 7.83. The summed E-state index contributed by atoms with van der Waals surface area (Å²) in [7, 11) is 1.54. The van der Waals surface area contributed by atoms with Crippen molar-refractivity contribution in [1.82, 2.24) is 20.2 Å². The number of aromatic nitrogens is 4. The van der Waals surface area contributed by atoms with Crippen LogP contribution in [0.1, 0.15) is 22.8 Å². The molecule has 3 rings (SSSR count). The number of tetrazole rings is 1. The molecule has 0 fully saturated rings. The lowest BCUT2D eigenvalue weighted by Gasteiger charge is -2.12. The molecule has 3 aromatic rings. The molecule has 9 heteroatoms. The molecule has 0 N–H and O–H groups in total. The first-order chi connectivity index (χ1) is 12.9. The van der Waals surface area contributed by atoms with E-state index in [1.165, 1.54) is 10.7 Å². The van der Waals surface area contributed by atoms with Crippen molar-refractivity contribution in [3.63, 3.8) is 0 Å². The molecule has 0 unspecified atom stereocenters. The molecule has 6 nitrogen and oxygen atoms in total. The number of aryl methyl sites for hydroxylation is 1. The second-order valence-electron chi connectivity index (χ2n) is 5.80. The van der Waals surface area contributed by atoms with Crippen molar-refractivity contribution in [2.45, 2.75) is 24.3 Å². The van der Waals surface area contributed by atoms with Crippen molar-refractivity contribution in [3.05, 3.63) is 59.2 Å². The van der Waals surface area contributed by atoms with Gasteiger partial charge in [-0.3, -0.25) is 4.79 Å². The minimum atomic E-state index is -1.06. The number of rotatable bonds is 6. The Morgan fingerprint density at radius 1 is 1.19 bits per heavy atom. The van der Waals surface area contributed by atoms with Crippen LogP contribution in [0.25, 0.3) is 5.69 Å². The number of nitrogens with zero attached hydrogens (tertiary/aromatic N) is 4. The Balaban J connectivity index is 1.87. The van der Waals surface area contributed by atoms with Crippen LogP contribution in [0.3, 0.4) is 0 Å². The quantitative estimate of drug-likeness (QED) is 0.473. The van der Waals surface area contributed by atoms with E-state index >= 15 is 0 Å². The Bertz CT molecular complexity index is 993. The van der Waals surface area contributed by atoms with E-state index in [9.17, 15) is 13.6 Å². The van der Waals surface area contributed by atoms with Crippen molar-refractivity contribution in [1.29, 1.82) is 0 Å². The third-order valence-corrected chi connectivity index (χ3v) is 4.89. The molecule has 0 aliphatic carbocycles. The third-order valence-electron chi connectivity index (χ3n) is 3.86. The van der Waals surface area contributed by atoms with E-state index in [0.717, 1.165) is 29.5 Å². The molecular weight excluding hydrogens is 374 g/mol. The number of carbonyl (C=O) groups excluding carboxylic acids is 1. The van der Waals surface area contributed by atoms with Gasteiger partial charge in [-0.25, -0.2) is 8.78 Å². The largest absolute Gasteiger partial charge is 0.494 e. The van der Waals surface area contributed by atoms with Gasteiger partial charge in [-0.15, -0.1) is 5.10 Å². The highest BCUT2D eigenvalue weighted by Crippen LogP contribution is 2.29. The lowest BCUT2D eigenvalue weighted by Crippen LogP contribution is -2.15. The number of halogens is 2. The normalized spacial score (nSPS) is 12.0. The van der Waals surface area contributed by atoms with E-state index in [0.29, 0.717) is 16.6 Å². The van der Waals surface area contributed by atoms with Gasteiger partial charge in [-0.1, -0.05) is 17.8 Å². The Morgan fingerprint density at radius 3 is 2.67 bits per heavy atom. The molecule has 1 atom stereocenters. The lowest BCUT2D eigenvalue weighted by atomic mass is 10.1. The fourth-order valence-corrected chi connectivity index (χ4v) is 3.34. The second-order valence-corrected chi connectivity index (χ2v) is 7.11. The molecule has 0 radical (unpaired) electrons. The van der Waals surface area contributed by atoms with E-state index in [1.807, 2.05) is 19.1 Å². The van der Waals surface area contributed by atoms with Crippen LogP contribution in [0.15, 0.2) is 41.6 Å². The first kappa shape index (κ1) is 19.0. The van der Waals surface area contributed by atoms with Crippen LogP contribution in [-0.2, 0) is 0 Å². The first-order valence-corrected chi connectivity index (χ1v) is 8.88. The molecule has 0 aliphatic heterocycles. The maximum atomic E-state index is 13.4. The van der Waals surface area contributed by atoms with Gasteiger partial charge >= 0.3 is 0 Å². The van der Waals surface area contributed by atoms with Crippen LogP contribution in [0.5, 0.6) is 5.75 Å². The summed E-state index contributed by atoms with van der Waals surface area (Å²) in [6.45, 7) is 3.58. The van der Waals surface area contributed by atoms with Crippen LogP contribution in [-0.4, -0.2) is 38.4 Å². The average molecular weight is 390 g/mol. The fourth-order valence-electron chi connectivity index (χ4n) is 2.46. The van der Waals surface area contributed by atoms with Gasteiger partial charge < -0.3 is 4.74 Å². The van der Waals surface area contributed by atoms with E-state index in [2.05, 4.69) is 15.5 Å². The van der Waals surface area contributed by atoms with E-state index < -0.39 is 16.9 Å². The number of carbonyl (C=O) groups is 1. The summed E-state index contributed by atoms with van der Waals surface area (Å²) < 4.78 is 33.3. The van der Waals surface area contributed by atoms with Crippen LogP contribution in [0.2, 0.25) is 0 Å². The zero-order valence-corrected chi connectivity index (χ0v) is 15.6. The predicted molar refractivity (Wildman–Crippen MR) is 96.5 cm³/mol. The number of thioether (sulfide) groups is 1. The Hall–Kier alpha value is -2.81. The van der Waals surface area contributed by atoms with Gasteiger partial charge in [0.1, 0.15) is 11.4 Å². The van der Waals surface area contributed by atoms with Gasteiger partial charge in [0.25, 0.3) is 0 Å². The molecule has 27 heavy (non-hydrogen) atoms. The van der Waals surface area contributed by atoms with E-state index in [1.54, 1.807) is 20.1 Å². The summed E-state index contributed by atoms with van der Waals surface area (Å²) in [5, 5.41) is 11.4.